The highest BCUT2D eigenvalue weighted by molar-refractivity contribution is 6.06. The van der Waals surface area contributed by atoms with Crippen molar-refractivity contribution in [3.63, 3.8) is 0 Å². The summed E-state index contributed by atoms with van der Waals surface area (Å²) in [4.78, 5) is 16.5. The van der Waals surface area contributed by atoms with Crippen molar-refractivity contribution in [2.24, 2.45) is 5.73 Å². The molecule has 23 heavy (non-hydrogen) atoms. The summed E-state index contributed by atoms with van der Waals surface area (Å²) in [6.45, 7) is 7.68. The Bertz CT molecular complexity index is 955. The number of phenols is 1. The van der Waals surface area contributed by atoms with Crippen LogP contribution in [0.5, 0.6) is 5.75 Å². The van der Waals surface area contributed by atoms with Gasteiger partial charge in [0.2, 0.25) is 0 Å². The molecule has 5 heteroatoms. The fourth-order valence-electron chi connectivity index (χ4n) is 2.90. The lowest BCUT2D eigenvalue weighted by atomic mass is 10.1. The van der Waals surface area contributed by atoms with Gasteiger partial charge in [0.15, 0.2) is 0 Å². The molecule has 1 amide bonds. The van der Waals surface area contributed by atoms with E-state index in [1.165, 1.54) is 0 Å². The lowest BCUT2D eigenvalue weighted by molar-refractivity contribution is 0.100. The van der Waals surface area contributed by atoms with Crippen molar-refractivity contribution < 1.29 is 9.90 Å². The topological polar surface area (TPSA) is 81.1 Å². The maximum Gasteiger partial charge on any atom is 0.250 e. The highest BCUT2D eigenvalue weighted by Gasteiger charge is 2.19. The summed E-state index contributed by atoms with van der Waals surface area (Å²) >= 11 is 0. The number of carbonyl (C=O) groups excluding carboxylic acids is 1. The number of aromatic hydroxyl groups is 1. The van der Waals surface area contributed by atoms with Crippen molar-refractivity contribution in [3.8, 4) is 11.4 Å². The van der Waals surface area contributed by atoms with E-state index in [4.69, 9.17) is 5.73 Å². The van der Waals surface area contributed by atoms with Crippen LogP contribution in [0.3, 0.4) is 0 Å². The van der Waals surface area contributed by atoms with Gasteiger partial charge in [-0.05, 0) is 51.0 Å². The van der Waals surface area contributed by atoms with Crippen LogP contribution in [0.15, 0.2) is 24.4 Å². The van der Waals surface area contributed by atoms with E-state index in [0.29, 0.717) is 11.2 Å². The van der Waals surface area contributed by atoms with Gasteiger partial charge < -0.3 is 10.8 Å². The second-order valence-electron chi connectivity index (χ2n) is 5.91. The van der Waals surface area contributed by atoms with E-state index in [1.54, 1.807) is 12.3 Å². The van der Waals surface area contributed by atoms with Gasteiger partial charge in [-0.15, -0.1) is 0 Å². The number of aromatic nitrogens is 2. The second-order valence-corrected chi connectivity index (χ2v) is 5.91. The Morgan fingerprint density at radius 1 is 1.17 bits per heavy atom. The molecule has 0 aliphatic rings. The highest BCUT2D eigenvalue weighted by Crippen LogP contribution is 2.31. The van der Waals surface area contributed by atoms with Crippen LogP contribution in [0.4, 0.5) is 0 Å². The molecule has 0 fully saturated rings. The standard InChI is InChI=1S/C18H19N3O2/c1-9-5-6-15(22)11(3)16(9)21-8-14(17(19)23)13-7-10(2)12(4)20-18(13)21/h5-8,22H,1-4H3,(H2,19,23). The molecule has 0 aliphatic carbocycles. The number of nitrogens with zero attached hydrogens (tertiary/aromatic N) is 2. The number of hydrogen-bond donors (Lipinski definition) is 2. The summed E-state index contributed by atoms with van der Waals surface area (Å²) in [5.74, 6) is -0.286. The van der Waals surface area contributed by atoms with Gasteiger partial charge in [0.1, 0.15) is 11.4 Å². The van der Waals surface area contributed by atoms with Crippen LogP contribution in [0, 0.1) is 27.7 Å². The second kappa shape index (κ2) is 5.12. The van der Waals surface area contributed by atoms with Crippen molar-refractivity contribution in [1.29, 1.82) is 0 Å². The molecule has 0 atom stereocenters. The Morgan fingerprint density at radius 2 is 1.87 bits per heavy atom. The minimum Gasteiger partial charge on any atom is -0.508 e. The Morgan fingerprint density at radius 3 is 2.52 bits per heavy atom. The number of aryl methyl sites for hydroxylation is 3. The molecule has 0 unspecified atom stereocenters. The van der Waals surface area contributed by atoms with E-state index in [9.17, 15) is 9.90 Å². The smallest absolute Gasteiger partial charge is 0.250 e. The summed E-state index contributed by atoms with van der Waals surface area (Å²) in [5, 5.41) is 10.8. The van der Waals surface area contributed by atoms with Gasteiger partial charge in [-0.25, -0.2) is 4.98 Å². The zero-order valence-corrected chi connectivity index (χ0v) is 13.6. The fourth-order valence-corrected chi connectivity index (χ4v) is 2.90. The molecule has 1 aromatic carbocycles. The number of amides is 1. The van der Waals surface area contributed by atoms with Crippen molar-refractivity contribution in [2.75, 3.05) is 0 Å². The maximum absolute atomic E-state index is 11.8. The molecule has 2 heterocycles. The molecule has 118 valence electrons. The predicted molar refractivity (Wildman–Crippen MR) is 90.2 cm³/mol. The molecule has 5 nitrogen and oxygen atoms in total. The Hall–Kier alpha value is -2.82. The van der Waals surface area contributed by atoms with Crippen LogP contribution in [0.1, 0.15) is 32.7 Å². The van der Waals surface area contributed by atoms with E-state index in [2.05, 4.69) is 4.98 Å². The average molecular weight is 309 g/mol. The number of nitrogens with two attached hydrogens (primary N) is 1. The van der Waals surface area contributed by atoms with Crippen LogP contribution < -0.4 is 5.73 Å². The monoisotopic (exact) mass is 309 g/mol. The Kier molecular flexibility index (Phi) is 3.36. The Balaban J connectivity index is 2.46. The summed E-state index contributed by atoms with van der Waals surface area (Å²) in [6.07, 6.45) is 1.70. The third-order valence-corrected chi connectivity index (χ3v) is 4.33. The first kappa shape index (κ1) is 15.1. The van der Waals surface area contributed by atoms with Crippen molar-refractivity contribution >= 4 is 16.9 Å². The van der Waals surface area contributed by atoms with Crippen molar-refractivity contribution in [3.05, 3.63) is 52.3 Å². The van der Waals surface area contributed by atoms with Crippen LogP contribution in [0.2, 0.25) is 0 Å². The average Bonchev–Trinajstić information content (AvgIpc) is 2.83. The summed E-state index contributed by atoms with van der Waals surface area (Å²) in [5.41, 5.74) is 11.1. The molecule has 0 aliphatic heterocycles. The number of rotatable bonds is 2. The van der Waals surface area contributed by atoms with E-state index in [1.807, 2.05) is 44.4 Å². The van der Waals surface area contributed by atoms with Gasteiger partial charge in [-0.3, -0.25) is 9.36 Å². The van der Waals surface area contributed by atoms with Gasteiger partial charge in [0, 0.05) is 22.8 Å². The van der Waals surface area contributed by atoms with Crippen LogP contribution >= 0.6 is 0 Å². The van der Waals surface area contributed by atoms with Crippen LogP contribution in [0.25, 0.3) is 16.7 Å². The van der Waals surface area contributed by atoms with Gasteiger partial charge >= 0.3 is 0 Å². The number of phenolic OH excluding ortho intramolecular Hbond substituents is 1. The molecule has 0 radical (unpaired) electrons. The molecular formula is C18H19N3O2. The van der Waals surface area contributed by atoms with Gasteiger partial charge in [-0.2, -0.15) is 0 Å². The zero-order valence-electron chi connectivity index (χ0n) is 13.6. The number of benzene rings is 1. The molecular weight excluding hydrogens is 290 g/mol. The maximum atomic E-state index is 11.8. The first-order chi connectivity index (χ1) is 10.8. The van der Waals surface area contributed by atoms with Crippen molar-refractivity contribution in [1.82, 2.24) is 9.55 Å². The molecule has 0 saturated heterocycles. The number of hydrogen-bond acceptors (Lipinski definition) is 3. The number of primary amides is 1. The van der Waals surface area contributed by atoms with E-state index >= 15 is 0 Å². The third-order valence-electron chi connectivity index (χ3n) is 4.33. The minimum atomic E-state index is -0.491. The molecule has 0 bridgehead atoms. The zero-order chi connectivity index (χ0) is 16.9. The van der Waals surface area contributed by atoms with Crippen molar-refractivity contribution in [2.45, 2.75) is 27.7 Å². The van der Waals surface area contributed by atoms with Gasteiger partial charge in [0.25, 0.3) is 5.91 Å². The SMILES string of the molecule is Cc1cc2c(C(N)=O)cn(-c3c(C)ccc(O)c3C)c2nc1C. The minimum absolute atomic E-state index is 0.205. The molecule has 0 saturated carbocycles. The predicted octanol–water partition coefficient (Wildman–Crippen LogP) is 3.06. The van der Waals surface area contributed by atoms with E-state index < -0.39 is 5.91 Å². The highest BCUT2D eigenvalue weighted by atomic mass is 16.3. The van der Waals surface area contributed by atoms with E-state index in [-0.39, 0.29) is 5.75 Å². The Labute approximate surface area is 134 Å². The number of pyridine rings is 1. The first-order valence-electron chi connectivity index (χ1n) is 7.40. The van der Waals surface area contributed by atoms with E-state index in [0.717, 1.165) is 33.5 Å². The lowest BCUT2D eigenvalue weighted by Crippen LogP contribution is -2.10. The largest absolute Gasteiger partial charge is 0.508 e. The quantitative estimate of drug-likeness (QED) is 0.763. The summed E-state index contributed by atoms with van der Waals surface area (Å²) in [7, 11) is 0. The molecule has 3 aromatic rings. The van der Waals surface area contributed by atoms with Gasteiger partial charge in [0.05, 0.1) is 11.3 Å². The number of fused-ring (bicyclic) bond motifs is 1. The third kappa shape index (κ3) is 2.25. The van der Waals surface area contributed by atoms with Gasteiger partial charge in [-0.1, -0.05) is 6.07 Å². The normalized spacial score (nSPS) is 11.1. The summed E-state index contributed by atoms with van der Waals surface area (Å²) < 4.78 is 1.84. The first-order valence-corrected chi connectivity index (χ1v) is 7.40. The molecule has 3 N–H and O–H groups in total. The van der Waals surface area contributed by atoms with Crippen LogP contribution in [-0.4, -0.2) is 20.6 Å². The number of carbonyl (C=O) groups is 1. The molecule has 0 spiro atoms. The summed E-state index contributed by atoms with van der Waals surface area (Å²) in [6, 6.07) is 5.44. The van der Waals surface area contributed by atoms with Crippen LogP contribution in [-0.2, 0) is 0 Å². The molecule has 2 aromatic heterocycles. The lowest BCUT2D eigenvalue weighted by Gasteiger charge is -2.13. The molecule has 3 rings (SSSR count). The fraction of sp³-hybridized carbons (Fsp3) is 0.222.